The van der Waals surface area contributed by atoms with E-state index in [1.54, 1.807) is 6.20 Å². The average molecular weight is 374 g/mol. The van der Waals surface area contributed by atoms with Crippen LogP contribution in [0.15, 0.2) is 12.3 Å². The minimum atomic E-state index is -0.818. The molecule has 0 aromatic carbocycles. The zero-order valence-corrected chi connectivity index (χ0v) is 16.0. The van der Waals surface area contributed by atoms with Gasteiger partial charge in [-0.15, -0.1) is 0 Å². The maximum absolute atomic E-state index is 12.8. The maximum Gasteiger partial charge on any atom is 0.225 e. The summed E-state index contributed by atoms with van der Waals surface area (Å²) >= 11 is 0. The van der Waals surface area contributed by atoms with Crippen molar-refractivity contribution in [2.24, 2.45) is 0 Å². The normalized spacial score (nSPS) is 25.6. The van der Waals surface area contributed by atoms with Gasteiger partial charge in [0, 0.05) is 25.8 Å². The molecule has 2 aliphatic heterocycles. The quantitative estimate of drug-likeness (QED) is 0.869. The molecule has 7 nitrogen and oxygen atoms in total. The third-order valence-electron chi connectivity index (χ3n) is 6.07. The Labute approximate surface area is 160 Å². The van der Waals surface area contributed by atoms with E-state index >= 15 is 0 Å². The summed E-state index contributed by atoms with van der Waals surface area (Å²) in [6, 6.07) is 1.88. The first-order valence-electron chi connectivity index (χ1n) is 10.3. The molecule has 0 unspecified atom stereocenters. The van der Waals surface area contributed by atoms with Gasteiger partial charge in [0.25, 0.3) is 0 Å². The van der Waals surface area contributed by atoms with Gasteiger partial charge in [-0.1, -0.05) is 19.3 Å². The van der Waals surface area contributed by atoms with Gasteiger partial charge in [-0.3, -0.25) is 4.79 Å². The number of aromatic nitrogens is 2. The van der Waals surface area contributed by atoms with E-state index in [2.05, 4.69) is 9.88 Å². The average Bonchev–Trinajstić information content (AvgIpc) is 3.23. The summed E-state index contributed by atoms with van der Waals surface area (Å²) in [7, 11) is 0. The molecular weight excluding hydrogens is 344 g/mol. The number of morpholine rings is 1. The first kappa shape index (κ1) is 18.6. The van der Waals surface area contributed by atoms with Crippen LogP contribution in [0.3, 0.4) is 0 Å². The Bertz CT molecular complexity index is 656. The van der Waals surface area contributed by atoms with E-state index in [0.717, 1.165) is 56.8 Å². The lowest BCUT2D eigenvalue weighted by Gasteiger charge is -2.37. The van der Waals surface area contributed by atoms with Crippen molar-refractivity contribution in [1.29, 1.82) is 0 Å². The molecule has 1 saturated carbocycles. The molecular formula is C20H30N4O3. The predicted molar refractivity (Wildman–Crippen MR) is 101 cm³/mol. The Kier molecular flexibility index (Phi) is 5.59. The largest absolute Gasteiger partial charge is 0.389 e. The van der Waals surface area contributed by atoms with E-state index in [0.29, 0.717) is 19.7 Å². The van der Waals surface area contributed by atoms with Gasteiger partial charge in [0.05, 0.1) is 30.9 Å². The second-order valence-corrected chi connectivity index (χ2v) is 8.14. The van der Waals surface area contributed by atoms with Crippen LogP contribution < -0.4 is 4.90 Å². The van der Waals surface area contributed by atoms with Crippen molar-refractivity contribution >= 4 is 11.9 Å². The summed E-state index contributed by atoms with van der Waals surface area (Å²) in [6.07, 6.45) is 8.78. The van der Waals surface area contributed by atoms with Crippen molar-refractivity contribution in [3.63, 3.8) is 0 Å². The minimum absolute atomic E-state index is 0.0292. The zero-order valence-electron chi connectivity index (χ0n) is 16.0. The summed E-state index contributed by atoms with van der Waals surface area (Å²) in [6.45, 7) is 3.56. The molecule has 148 valence electrons. The first-order valence-corrected chi connectivity index (χ1v) is 10.3. The van der Waals surface area contributed by atoms with Gasteiger partial charge in [-0.25, -0.2) is 9.97 Å². The lowest BCUT2D eigenvalue weighted by atomic mass is 9.82. The molecule has 1 aromatic rings. The summed E-state index contributed by atoms with van der Waals surface area (Å²) < 4.78 is 5.91. The van der Waals surface area contributed by atoms with Crippen LogP contribution in [0.5, 0.6) is 0 Å². The lowest BCUT2D eigenvalue weighted by molar-refractivity contribution is -0.145. The van der Waals surface area contributed by atoms with Crippen molar-refractivity contribution < 1.29 is 14.6 Å². The zero-order chi connectivity index (χ0) is 18.7. The molecule has 1 N–H and O–H groups in total. The molecule has 3 aliphatic rings. The number of ether oxygens (including phenoxy) is 1. The van der Waals surface area contributed by atoms with E-state index in [-0.39, 0.29) is 18.4 Å². The highest BCUT2D eigenvalue weighted by Crippen LogP contribution is 2.32. The molecule has 4 rings (SSSR count). The van der Waals surface area contributed by atoms with Crippen LogP contribution in [0.1, 0.15) is 63.2 Å². The Balaban J connectivity index is 1.40. The fourth-order valence-electron chi connectivity index (χ4n) is 4.45. The molecule has 1 atom stereocenters. The lowest BCUT2D eigenvalue weighted by Crippen LogP contribution is -2.46. The fraction of sp³-hybridized carbons (Fsp3) is 0.750. The van der Waals surface area contributed by atoms with Crippen molar-refractivity contribution in [2.75, 3.05) is 37.7 Å². The highest BCUT2D eigenvalue weighted by molar-refractivity contribution is 5.77. The molecule has 2 saturated heterocycles. The van der Waals surface area contributed by atoms with Crippen LogP contribution in [-0.2, 0) is 9.53 Å². The third kappa shape index (κ3) is 4.41. The van der Waals surface area contributed by atoms with Gasteiger partial charge in [0.2, 0.25) is 11.9 Å². The molecule has 0 spiro atoms. The molecule has 7 heteroatoms. The number of hydrogen-bond donors (Lipinski definition) is 1. The number of carbonyl (C=O) groups excluding carboxylic acids is 1. The molecule has 1 amide bonds. The van der Waals surface area contributed by atoms with Crippen LogP contribution >= 0.6 is 0 Å². The molecule has 0 bridgehead atoms. The van der Waals surface area contributed by atoms with Gasteiger partial charge in [-0.2, -0.15) is 0 Å². The van der Waals surface area contributed by atoms with Crippen molar-refractivity contribution in [3.05, 3.63) is 18.0 Å². The summed E-state index contributed by atoms with van der Waals surface area (Å²) in [4.78, 5) is 25.9. The maximum atomic E-state index is 12.8. The Morgan fingerprint density at radius 3 is 2.74 bits per heavy atom. The Hall–Kier alpha value is -1.73. The molecule has 1 aliphatic carbocycles. The molecule has 0 radical (unpaired) electrons. The fourth-order valence-corrected chi connectivity index (χ4v) is 4.45. The Morgan fingerprint density at radius 2 is 1.96 bits per heavy atom. The van der Waals surface area contributed by atoms with Gasteiger partial charge in [0.1, 0.15) is 6.10 Å². The number of hydrogen-bond acceptors (Lipinski definition) is 6. The molecule has 27 heavy (non-hydrogen) atoms. The van der Waals surface area contributed by atoms with Crippen molar-refractivity contribution in [2.45, 2.75) is 63.1 Å². The summed E-state index contributed by atoms with van der Waals surface area (Å²) in [5.74, 6) is 0.787. The minimum Gasteiger partial charge on any atom is -0.389 e. The molecule has 3 fully saturated rings. The van der Waals surface area contributed by atoms with Gasteiger partial charge in [-0.05, 0) is 31.7 Å². The van der Waals surface area contributed by atoms with E-state index in [9.17, 15) is 9.90 Å². The van der Waals surface area contributed by atoms with Crippen LogP contribution in [-0.4, -0.2) is 64.3 Å². The summed E-state index contributed by atoms with van der Waals surface area (Å²) in [5, 5.41) is 10.7. The van der Waals surface area contributed by atoms with Crippen LogP contribution in [0, 0.1) is 0 Å². The van der Waals surface area contributed by atoms with Crippen molar-refractivity contribution in [1.82, 2.24) is 14.9 Å². The number of aliphatic hydroxyl groups is 1. The predicted octanol–water partition coefficient (Wildman–Crippen LogP) is 2.06. The Morgan fingerprint density at radius 1 is 1.19 bits per heavy atom. The SMILES string of the molecule is O=C(CC1(O)CCCCC1)N1CCO[C@@H](c2ccnc(N3CCCC3)n2)C1. The van der Waals surface area contributed by atoms with E-state index in [1.165, 1.54) is 12.8 Å². The van der Waals surface area contributed by atoms with Crippen LogP contribution in [0.2, 0.25) is 0 Å². The molecule has 3 heterocycles. The van der Waals surface area contributed by atoms with E-state index in [4.69, 9.17) is 9.72 Å². The topological polar surface area (TPSA) is 78.8 Å². The van der Waals surface area contributed by atoms with E-state index < -0.39 is 5.60 Å². The van der Waals surface area contributed by atoms with E-state index in [1.807, 2.05) is 11.0 Å². The highest BCUT2D eigenvalue weighted by Gasteiger charge is 2.35. The summed E-state index contributed by atoms with van der Waals surface area (Å²) in [5.41, 5.74) is 0.0156. The first-order chi connectivity index (χ1) is 13.1. The monoisotopic (exact) mass is 374 g/mol. The number of amides is 1. The number of anilines is 1. The van der Waals surface area contributed by atoms with Crippen LogP contribution in [0.25, 0.3) is 0 Å². The second kappa shape index (κ2) is 8.10. The standard InChI is InChI=1S/C20H30N4O3/c25-18(14-20(26)7-2-1-3-8-20)24-12-13-27-17(15-24)16-6-9-21-19(22-16)23-10-4-5-11-23/h6,9,17,26H,1-5,7-8,10-15H2/t17-/m1/s1. The van der Waals surface area contributed by atoms with Gasteiger partial charge >= 0.3 is 0 Å². The van der Waals surface area contributed by atoms with Gasteiger partial charge < -0.3 is 19.6 Å². The highest BCUT2D eigenvalue weighted by atomic mass is 16.5. The smallest absolute Gasteiger partial charge is 0.225 e. The van der Waals surface area contributed by atoms with Crippen LogP contribution in [0.4, 0.5) is 5.95 Å². The third-order valence-corrected chi connectivity index (χ3v) is 6.07. The number of nitrogens with zero attached hydrogens (tertiary/aromatic N) is 4. The molecule has 1 aromatic heterocycles. The van der Waals surface area contributed by atoms with Gasteiger partial charge in [0.15, 0.2) is 0 Å². The number of carbonyl (C=O) groups is 1. The van der Waals surface area contributed by atoms with Crippen molar-refractivity contribution in [3.8, 4) is 0 Å². The number of rotatable bonds is 4. The second-order valence-electron chi connectivity index (χ2n) is 8.14.